The van der Waals surface area contributed by atoms with E-state index < -0.39 is 0 Å². The van der Waals surface area contributed by atoms with Crippen molar-refractivity contribution in [2.75, 3.05) is 0 Å². The second-order valence-corrected chi connectivity index (χ2v) is 5.15. The van der Waals surface area contributed by atoms with Crippen LogP contribution in [0.15, 0.2) is 18.2 Å². The third-order valence-electron chi connectivity index (χ3n) is 3.12. The van der Waals surface area contributed by atoms with Crippen molar-refractivity contribution in [3.8, 4) is 0 Å². The van der Waals surface area contributed by atoms with Gasteiger partial charge in [0.2, 0.25) is 0 Å². The maximum atomic E-state index is 5.99. The first-order valence-electron chi connectivity index (χ1n) is 5.59. The van der Waals surface area contributed by atoms with E-state index in [-0.39, 0.29) is 0 Å². The summed E-state index contributed by atoms with van der Waals surface area (Å²) in [6.45, 7) is 0.801. The lowest BCUT2D eigenvalue weighted by Gasteiger charge is -2.17. The van der Waals surface area contributed by atoms with Gasteiger partial charge in [0, 0.05) is 18.6 Å². The highest BCUT2D eigenvalue weighted by Gasteiger charge is 2.22. The van der Waals surface area contributed by atoms with Crippen molar-refractivity contribution < 1.29 is 0 Å². The first-order chi connectivity index (χ1) is 7.66. The van der Waals surface area contributed by atoms with Gasteiger partial charge in [-0.2, -0.15) is 0 Å². The van der Waals surface area contributed by atoms with Crippen LogP contribution in [-0.2, 0) is 6.54 Å². The van der Waals surface area contributed by atoms with Gasteiger partial charge in [0.15, 0.2) is 0 Å². The summed E-state index contributed by atoms with van der Waals surface area (Å²) in [5.74, 6) is 0. The van der Waals surface area contributed by atoms with Crippen molar-refractivity contribution >= 4 is 23.2 Å². The van der Waals surface area contributed by atoms with E-state index in [0.29, 0.717) is 22.1 Å². The molecule has 88 valence electrons. The summed E-state index contributed by atoms with van der Waals surface area (Å²) in [4.78, 5) is 0. The minimum absolute atomic E-state index is 0.294. The molecule has 0 heterocycles. The predicted molar refractivity (Wildman–Crippen MR) is 68.9 cm³/mol. The Morgan fingerprint density at radius 3 is 2.69 bits per heavy atom. The van der Waals surface area contributed by atoms with Crippen LogP contribution >= 0.6 is 23.2 Å². The lowest BCUT2D eigenvalue weighted by atomic mass is 10.1. The quantitative estimate of drug-likeness (QED) is 0.875. The van der Waals surface area contributed by atoms with E-state index in [1.54, 1.807) is 0 Å². The molecule has 0 amide bonds. The Bertz CT molecular complexity index is 368. The van der Waals surface area contributed by atoms with Crippen molar-refractivity contribution in [1.29, 1.82) is 0 Å². The van der Waals surface area contributed by atoms with Crippen molar-refractivity contribution in [1.82, 2.24) is 5.32 Å². The van der Waals surface area contributed by atoms with Crippen LogP contribution < -0.4 is 11.1 Å². The summed E-state index contributed by atoms with van der Waals surface area (Å²) < 4.78 is 0. The summed E-state index contributed by atoms with van der Waals surface area (Å²) in [6.07, 6.45) is 3.52. The minimum Gasteiger partial charge on any atom is -0.326 e. The zero-order chi connectivity index (χ0) is 11.5. The van der Waals surface area contributed by atoms with Gasteiger partial charge < -0.3 is 11.1 Å². The van der Waals surface area contributed by atoms with Crippen LogP contribution in [0, 0.1) is 0 Å². The minimum atomic E-state index is 0.294. The summed E-state index contributed by atoms with van der Waals surface area (Å²) in [7, 11) is 0. The number of halogens is 2. The Morgan fingerprint density at radius 2 is 2.06 bits per heavy atom. The lowest BCUT2D eigenvalue weighted by molar-refractivity contribution is 0.475. The summed E-state index contributed by atoms with van der Waals surface area (Å²) in [5, 5.41) is 4.68. The van der Waals surface area contributed by atoms with Crippen molar-refractivity contribution in [2.45, 2.75) is 37.9 Å². The molecule has 0 radical (unpaired) electrons. The topological polar surface area (TPSA) is 38.0 Å². The molecule has 0 spiro atoms. The SMILES string of the molecule is NC1CCCC1NCc1ccc(Cl)c(Cl)c1. The van der Waals surface area contributed by atoms with E-state index in [0.717, 1.165) is 18.5 Å². The molecule has 1 aromatic rings. The predicted octanol–water partition coefficient (Wildman–Crippen LogP) is 2.96. The van der Waals surface area contributed by atoms with Gasteiger partial charge in [0.05, 0.1) is 10.0 Å². The number of hydrogen-bond acceptors (Lipinski definition) is 2. The standard InChI is InChI=1S/C12H16Cl2N2/c13-9-5-4-8(6-10(9)14)7-16-12-3-1-2-11(12)15/h4-6,11-12,16H,1-3,7,15H2. The molecular weight excluding hydrogens is 243 g/mol. The van der Waals surface area contributed by atoms with Crippen LogP contribution in [0.5, 0.6) is 0 Å². The third-order valence-corrected chi connectivity index (χ3v) is 3.86. The third kappa shape index (κ3) is 2.89. The molecule has 2 rings (SSSR count). The molecule has 2 nitrogen and oxygen atoms in total. The average molecular weight is 259 g/mol. The van der Waals surface area contributed by atoms with Gasteiger partial charge in [-0.25, -0.2) is 0 Å². The van der Waals surface area contributed by atoms with Gasteiger partial charge in [-0.05, 0) is 30.5 Å². The summed E-state index contributed by atoms with van der Waals surface area (Å²) in [5.41, 5.74) is 7.13. The van der Waals surface area contributed by atoms with E-state index in [4.69, 9.17) is 28.9 Å². The number of hydrogen-bond donors (Lipinski definition) is 2. The Hall–Kier alpha value is -0.280. The van der Waals surface area contributed by atoms with E-state index in [9.17, 15) is 0 Å². The van der Waals surface area contributed by atoms with Crippen LogP contribution in [0.1, 0.15) is 24.8 Å². The fourth-order valence-corrected chi connectivity index (χ4v) is 2.46. The Morgan fingerprint density at radius 1 is 1.25 bits per heavy atom. The second-order valence-electron chi connectivity index (χ2n) is 4.33. The maximum absolute atomic E-state index is 5.99. The van der Waals surface area contributed by atoms with E-state index in [1.807, 2.05) is 18.2 Å². The zero-order valence-corrected chi connectivity index (χ0v) is 10.6. The lowest BCUT2D eigenvalue weighted by Crippen LogP contribution is -2.40. The zero-order valence-electron chi connectivity index (χ0n) is 9.05. The monoisotopic (exact) mass is 258 g/mol. The highest BCUT2D eigenvalue weighted by Crippen LogP contribution is 2.23. The molecule has 1 fully saturated rings. The summed E-state index contributed by atoms with van der Waals surface area (Å²) >= 11 is 11.8. The van der Waals surface area contributed by atoms with Crippen molar-refractivity contribution in [3.63, 3.8) is 0 Å². The molecule has 1 saturated carbocycles. The fourth-order valence-electron chi connectivity index (χ4n) is 2.14. The van der Waals surface area contributed by atoms with Crippen LogP contribution in [-0.4, -0.2) is 12.1 Å². The number of nitrogens with one attached hydrogen (secondary N) is 1. The maximum Gasteiger partial charge on any atom is 0.0595 e. The van der Waals surface area contributed by atoms with E-state index in [2.05, 4.69) is 5.32 Å². The van der Waals surface area contributed by atoms with Gasteiger partial charge >= 0.3 is 0 Å². The smallest absolute Gasteiger partial charge is 0.0595 e. The first-order valence-corrected chi connectivity index (χ1v) is 6.35. The van der Waals surface area contributed by atoms with Gasteiger partial charge in [-0.15, -0.1) is 0 Å². The molecule has 16 heavy (non-hydrogen) atoms. The molecule has 2 unspecified atom stereocenters. The number of benzene rings is 1. The second kappa shape index (κ2) is 5.37. The van der Waals surface area contributed by atoms with Gasteiger partial charge in [-0.3, -0.25) is 0 Å². The molecule has 0 saturated heterocycles. The summed E-state index contributed by atoms with van der Waals surface area (Å²) in [6, 6.07) is 6.45. The van der Waals surface area contributed by atoms with Gasteiger partial charge in [0.25, 0.3) is 0 Å². The Kier molecular flexibility index (Phi) is 4.09. The molecule has 4 heteroatoms. The van der Waals surface area contributed by atoms with Crippen LogP contribution in [0.25, 0.3) is 0 Å². The molecule has 0 aliphatic heterocycles. The molecule has 1 aliphatic rings. The molecular formula is C12H16Cl2N2. The van der Waals surface area contributed by atoms with Crippen LogP contribution in [0.4, 0.5) is 0 Å². The van der Waals surface area contributed by atoms with Gasteiger partial charge in [-0.1, -0.05) is 35.7 Å². The van der Waals surface area contributed by atoms with Crippen LogP contribution in [0.3, 0.4) is 0 Å². The normalized spacial score (nSPS) is 24.9. The van der Waals surface area contributed by atoms with Crippen molar-refractivity contribution in [2.24, 2.45) is 5.73 Å². The largest absolute Gasteiger partial charge is 0.326 e. The molecule has 2 atom stereocenters. The molecule has 3 N–H and O–H groups in total. The Balaban J connectivity index is 1.91. The van der Waals surface area contributed by atoms with E-state index in [1.165, 1.54) is 12.8 Å². The van der Waals surface area contributed by atoms with E-state index >= 15 is 0 Å². The molecule has 0 bridgehead atoms. The molecule has 0 aromatic heterocycles. The molecule has 1 aliphatic carbocycles. The van der Waals surface area contributed by atoms with Crippen LogP contribution in [0.2, 0.25) is 10.0 Å². The average Bonchev–Trinajstić information content (AvgIpc) is 2.66. The Labute approximate surface area is 106 Å². The first kappa shape index (κ1) is 12.2. The van der Waals surface area contributed by atoms with Crippen molar-refractivity contribution in [3.05, 3.63) is 33.8 Å². The highest BCUT2D eigenvalue weighted by molar-refractivity contribution is 6.42. The van der Waals surface area contributed by atoms with Gasteiger partial charge in [0.1, 0.15) is 0 Å². The fraction of sp³-hybridized carbons (Fsp3) is 0.500. The number of nitrogens with two attached hydrogens (primary N) is 1. The highest BCUT2D eigenvalue weighted by atomic mass is 35.5. The number of rotatable bonds is 3. The molecule has 1 aromatic carbocycles.